The van der Waals surface area contributed by atoms with Crippen molar-refractivity contribution in [2.24, 2.45) is 0 Å². The molecule has 0 aliphatic rings. The maximum Gasteiger partial charge on any atom is 0.306 e. The van der Waals surface area contributed by atoms with E-state index in [2.05, 4.69) is 99.8 Å². The Balaban J connectivity index is 4.43. The van der Waals surface area contributed by atoms with E-state index in [1.807, 2.05) is 6.08 Å². The normalized spacial score (nSPS) is 12.7. The zero-order valence-corrected chi connectivity index (χ0v) is 46.0. The second-order valence-corrected chi connectivity index (χ2v) is 19.5. The predicted molar refractivity (Wildman–Crippen MR) is 302 cm³/mol. The van der Waals surface area contributed by atoms with Crippen molar-refractivity contribution < 1.29 is 28.6 Å². The summed E-state index contributed by atoms with van der Waals surface area (Å²) < 4.78 is 16.8. The predicted octanol–water partition coefficient (Wildman–Crippen LogP) is 19.9. The van der Waals surface area contributed by atoms with Crippen LogP contribution in [0.15, 0.2) is 85.1 Å². The van der Waals surface area contributed by atoms with Crippen molar-refractivity contribution in [3.8, 4) is 0 Å². The minimum atomic E-state index is -0.806. The van der Waals surface area contributed by atoms with Crippen molar-refractivity contribution in [1.29, 1.82) is 0 Å². The van der Waals surface area contributed by atoms with Crippen LogP contribution in [0.5, 0.6) is 0 Å². The zero-order chi connectivity index (χ0) is 50.7. The van der Waals surface area contributed by atoms with Crippen molar-refractivity contribution in [2.75, 3.05) is 13.2 Å². The SMILES string of the molecule is CC/C=C\C/C=C\C/C=C\C/C=C\C/C=C\C/C=C\CCC(=O)OC[C@H](COC(=O)CCCCCCCCCCCCCC)OC(=O)CCCCCCCCCCCCC/C=C\CCCCCCCC. The number of carbonyl (C=O) groups is 3. The summed E-state index contributed by atoms with van der Waals surface area (Å²) in [7, 11) is 0. The standard InChI is InChI=1S/C64H110O6/c1-4-7-10-13-16-19-22-25-27-29-31-32-34-36-38-40-43-46-49-52-55-58-64(67)70-61(59-68-62(65)56-53-50-47-44-41-24-21-18-15-12-9-6-3)60-69-63(66)57-54-51-48-45-42-39-37-35-33-30-28-26-23-20-17-14-11-8-5-2/h8,11,17,20,25-28,33,35,39,42,48,51,61H,4-7,9-10,12-16,18-19,21-24,29-32,34,36-38,40-41,43-47,49-50,52-60H2,1-3H3/b11-8-,20-17-,27-25-,28-26-,35-33-,42-39-,51-48-/t61-/m0/s1. The zero-order valence-electron chi connectivity index (χ0n) is 46.0. The lowest BCUT2D eigenvalue weighted by atomic mass is 10.0. The monoisotopic (exact) mass is 975 g/mol. The van der Waals surface area contributed by atoms with Gasteiger partial charge in [0, 0.05) is 19.3 Å². The molecule has 0 aliphatic heterocycles. The molecule has 0 heterocycles. The quantitative estimate of drug-likeness (QED) is 0.0261. The molecule has 0 spiro atoms. The van der Waals surface area contributed by atoms with Gasteiger partial charge in [-0.15, -0.1) is 0 Å². The molecular weight excluding hydrogens is 865 g/mol. The average Bonchev–Trinajstić information content (AvgIpc) is 3.36. The molecule has 1 atom stereocenters. The fraction of sp³-hybridized carbons (Fsp3) is 0.734. The number of hydrogen-bond donors (Lipinski definition) is 0. The van der Waals surface area contributed by atoms with Crippen LogP contribution in [0.1, 0.15) is 284 Å². The molecule has 6 nitrogen and oxygen atoms in total. The lowest BCUT2D eigenvalue weighted by molar-refractivity contribution is -0.166. The van der Waals surface area contributed by atoms with E-state index in [0.29, 0.717) is 19.3 Å². The molecule has 0 N–H and O–H groups in total. The average molecular weight is 976 g/mol. The van der Waals surface area contributed by atoms with Crippen LogP contribution in [-0.4, -0.2) is 37.2 Å². The molecule has 0 aromatic carbocycles. The van der Waals surface area contributed by atoms with Crippen LogP contribution in [-0.2, 0) is 28.6 Å². The molecule has 0 aliphatic carbocycles. The van der Waals surface area contributed by atoms with Gasteiger partial charge in [0.2, 0.25) is 0 Å². The van der Waals surface area contributed by atoms with Crippen LogP contribution in [0.4, 0.5) is 0 Å². The number of rotatable bonds is 53. The Morgan fingerprint density at radius 3 is 0.957 bits per heavy atom. The second-order valence-electron chi connectivity index (χ2n) is 19.5. The van der Waals surface area contributed by atoms with Gasteiger partial charge in [0.05, 0.1) is 0 Å². The first kappa shape index (κ1) is 66.6. The fourth-order valence-corrected chi connectivity index (χ4v) is 8.23. The molecule has 6 heteroatoms. The Bertz CT molecular complexity index is 1350. The van der Waals surface area contributed by atoms with Gasteiger partial charge < -0.3 is 14.2 Å². The van der Waals surface area contributed by atoms with Gasteiger partial charge in [-0.1, -0.05) is 266 Å². The first-order valence-corrected chi connectivity index (χ1v) is 29.6. The lowest BCUT2D eigenvalue weighted by Gasteiger charge is -2.18. The van der Waals surface area contributed by atoms with E-state index in [9.17, 15) is 14.4 Å². The lowest BCUT2D eigenvalue weighted by Crippen LogP contribution is -2.30. The van der Waals surface area contributed by atoms with Crippen molar-refractivity contribution in [1.82, 2.24) is 0 Å². The van der Waals surface area contributed by atoms with Gasteiger partial charge in [0.15, 0.2) is 6.10 Å². The van der Waals surface area contributed by atoms with Crippen molar-refractivity contribution in [3.05, 3.63) is 85.1 Å². The van der Waals surface area contributed by atoms with E-state index in [-0.39, 0.29) is 37.5 Å². The van der Waals surface area contributed by atoms with Gasteiger partial charge in [-0.3, -0.25) is 14.4 Å². The van der Waals surface area contributed by atoms with Crippen molar-refractivity contribution >= 4 is 17.9 Å². The van der Waals surface area contributed by atoms with Gasteiger partial charge in [0.1, 0.15) is 13.2 Å². The summed E-state index contributed by atoms with van der Waals surface area (Å²) in [5.41, 5.74) is 0. The number of unbranched alkanes of at least 4 members (excludes halogenated alkanes) is 28. The summed E-state index contributed by atoms with van der Waals surface area (Å²) in [4.78, 5) is 38.1. The summed E-state index contributed by atoms with van der Waals surface area (Å²) >= 11 is 0. The van der Waals surface area contributed by atoms with Gasteiger partial charge in [-0.25, -0.2) is 0 Å². The van der Waals surface area contributed by atoms with Crippen LogP contribution in [0.25, 0.3) is 0 Å². The van der Waals surface area contributed by atoms with E-state index in [1.54, 1.807) is 0 Å². The number of esters is 3. The Kier molecular flexibility index (Phi) is 55.3. The first-order valence-electron chi connectivity index (χ1n) is 29.6. The van der Waals surface area contributed by atoms with E-state index < -0.39 is 6.10 Å². The van der Waals surface area contributed by atoms with Gasteiger partial charge >= 0.3 is 17.9 Å². The summed E-state index contributed by atoms with van der Waals surface area (Å²) in [6.07, 6.45) is 75.9. The third-order valence-electron chi connectivity index (χ3n) is 12.6. The summed E-state index contributed by atoms with van der Waals surface area (Å²) in [5, 5.41) is 0. The van der Waals surface area contributed by atoms with Gasteiger partial charge in [-0.2, -0.15) is 0 Å². The molecule has 0 aromatic heterocycles. The molecule has 70 heavy (non-hydrogen) atoms. The molecule has 0 unspecified atom stereocenters. The Morgan fingerprint density at radius 1 is 0.300 bits per heavy atom. The molecule has 0 bridgehead atoms. The highest BCUT2D eigenvalue weighted by Crippen LogP contribution is 2.16. The topological polar surface area (TPSA) is 78.9 Å². The molecular formula is C64H110O6. The van der Waals surface area contributed by atoms with E-state index >= 15 is 0 Å². The highest BCUT2D eigenvalue weighted by molar-refractivity contribution is 5.71. The van der Waals surface area contributed by atoms with Crippen LogP contribution < -0.4 is 0 Å². The van der Waals surface area contributed by atoms with Crippen LogP contribution in [0.3, 0.4) is 0 Å². The molecule has 0 amide bonds. The Hall–Kier alpha value is -3.41. The maximum atomic E-state index is 12.9. The number of ether oxygens (including phenoxy) is 3. The highest BCUT2D eigenvalue weighted by atomic mass is 16.6. The third kappa shape index (κ3) is 55.5. The smallest absolute Gasteiger partial charge is 0.306 e. The number of carbonyl (C=O) groups excluding carboxylic acids is 3. The van der Waals surface area contributed by atoms with Gasteiger partial charge in [0.25, 0.3) is 0 Å². The molecule has 0 rings (SSSR count). The summed E-state index contributed by atoms with van der Waals surface area (Å²) in [5.74, 6) is -0.978. The van der Waals surface area contributed by atoms with Crippen molar-refractivity contribution in [3.63, 3.8) is 0 Å². The molecule has 402 valence electrons. The van der Waals surface area contributed by atoms with Crippen molar-refractivity contribution in [2.45, 2.75) is 290 Å². The molecule has 0 saturated heterocycles. The van der Waals surface area contributed by atoms with E-state index in [4.69, 9.17) is 14.2 Å². The van der Waals surface area contributed by atoms with Crippen LogP contribution in [0.2, 0.25) is 0 Å². The molecule has 0 radical (unpaired) electrons. The first-order chi connectivity index (χ1) is 34.5. The van der Waals surface area contributed by atoms with E-state index in [0.717, 1.165) is 77.0 Å². The van der Waals surface area contributed by atoms with Gasteiger partial charge in [-0.05, 0) is 83.5 Å². The number of allylic oxidation sites excluding steroid dienone is 14. The molecule has 0 aromatic rings. The molecule has 0 fully saturated rings. The largest absolute Gasteiger partial charge is 0.462 e. The minimum absolute atomic E-state index is 0.0976. The van der Waals surface area contributed by atoms with Crippen LogP contribution >= 0.6 is 0 Å². The maximum absolute atomic E-state index is 12.9. The van der Waals surface area contributed by atoms with E-state index in [1.165, 1.54) is 161 Å². The Labute approximate surface area is 433 Å². The van der Waals surface area contributed by atoms with Crippen LogP contribution in [0, 0.1) is 0 Å². The Morgan fingerprint density at radius 2 is 0.586 bits per heavy atom. The summed E-state index contributed by atoms with van der Waals surface area (Å²) in [6, 6.07) is 0. The number of hydrogen-bond acceptors (Lipinski definition) is 6. The highest BCUT2D eigenvalue weighted by Gasteiger charge is 2.19. The summed E-state index contributed by atoms with van der Waals surface area (Å²) in [6.45, 7) is 6.47. The third-order valence-corrected chi connectivity index (χ3v) is 12.6. The minimum Gasteiger partial charge on any atom is -0.462 e. The molecule has 0 saturated carbocycles. The second kappa shape index (κ2) is 58.2. The fourth-order valence-electron chi connectivity index (χ4n) is 8.23.